The highest BCUT2D eigenvalue weighted by atomic mass is 15.0. The zero-order valence-corrected chi connectivity index (χ0v) is 4.70. The molecule has 7 heavy (non-hydrogen) atoms. The third-order valence-corrected chi connectivity index (χ3v) is 1.60. The van der Waals surface area contributed by atoms with Crippen LogP contribution in [0.15, 0.2) is 0 Å². The van der Waals surface area contributed by atoms with Gasteiger partial charge in [0, 0.05) is 25.0 Å². The number of rotatable bonds is 1. The summed E-state index contributed by atoms with van der Waals surface area (Å²) in [6, 6.07) is 0. The Balaban J connectivity index is 2.29. The molecule has 1 aliphatic rings. The molecule has 1 aliphatic heterocycles. The summed E-state index contributed by atoms with van der Waals surface area (Å²) in [5.41, 5.74) is 5.86. The van der Waals surface area contributed by atoms with Crippen LogP contribution in [0.4, 0.5) is 0 Å². The summed E-state index contributed by atoms with van der Waals surface area (Å²) in [5.74, 6) is 0. The van der Waals surface area contributed by atoms with Gasteiger partial charge in [0.2, 0.25) is 0 Å². The summed E-state index contributed by atoms with van der Waals surface area (Å²) < 4.78 is 0. The zero-order chi connectivity index (χ0) is 5.33. The number of hydrogen-bond donors (Lipinski definition) is 2. The summed E-state index contributed by atoms with van der Waals surface area (Å²) in [7, 11) is 0. The highest BCUT2D eigenvalue weighted by Gasteiger charge is 2.29. The lowest BCUT2D eigenvalue weighted by atomic mass is 9.85. The maximum Gasteiger partial charge on any atom is 0.00467 e. The van der Waals surface area contributed by atoms with E-state index in [1.807, 2.05) is 0 Å². The molecule has 0 amide bonds. The molecule has 0 spiro atoms. The Labute approximate surface area is 44.1 Å². The first kappa shape index (κ1) is 5.06. The second-order valence-electron chi connectivity index (χ2n) is 2.62. The van der Waals surface area contributed by atoms with Gasteiger partial charge in [0.25, 0.3) is 0 Å². The molecule has 0 radical (unpaired) electrons. The zero-order valence-electron chi connectivity index (χ0n) is 4.70. The lowest BCUT2D eigenvalue weighted by Gasteiger charge is -2.37. The van der Waals surface area contributed by atoms with Crippen molar-refractivity contribution in [2.24, 2.45) is 11.1 Å². The van der Waals surface area contributed by atoms with Crippen LogP contribution < -0.4 is 11.1 Å². The summed E-state index contributed by atoms with van der Waals surface area (Å²) in [5, 5.41) is 3.17. The van der Waals surface area contributed by atoms with Gasteiger partial charge in [0.05, 0.1) is 0 Å². The van der Waals surface area contributed by atoms with Gasteiger partial charge in [-0.15, -0.1) is 0 Å². The van der Waals surface area contributed by atoms with Crippen LogP contribution in [-0.2, 0) is 0 Å². The fraction of sp³-hybridized carbons (Fsp3) is 1.00. The van der Waals surface area contributed by atoms with Crippen molar-refractivity contribution in [3.8, 4) is 0 Å². The van der Waals surface area contributed by atoms with Crippen molar-refractivity contribution in [1.29, 1.82) is 0 Å². The molecule has 0 saturated carbocycles. The van der Waals surface area contributed by atoms with Gasteiger partial charge >= 0.3 is 0 Å². The Hall–Kier alpha value is -0.0800. The number of hydrogen-bond acceptors (Lipinski definition) is 2. The van der Waals surface area contributed by atoms with Crippen molar-refractivity contribution in [2.45, 2.75) is 6.92 Å². The predicted octanol–water partition coefficient (Wildman–Crippen LogP) is -0.445. The van der Waals surface area contributed by atoms with E-state index in [2.05, 4.69) is 12.2 Å². The average Bonchev–Trinajstić information content (AvgIpc) is 1.61. The number of nitrogens with two attached hydrogens (primary N) is 1. The first-order valence-corrected chi connectivity index (χ1v) is 2.68. The van der Waals surface area contributed by atoms with E-state index in [1.165, 1.54) is 0 Å². The molecule has 0 atom stereocenters. The number of nitrogens with one attached hydrogen (secondary N) is 1. The van der Waals surface area contributed by atoms with E-state index in [0.717, 1.165) is 19.6 Å². The molecule has 0 bridgehead atoms. The smallest absolute Gasteiger partial charge is 0.00467 e. The van der Waals surface area contributed by atoms with Crippen LogP contribution in [0.2, 0.25) is 0 Å². The molecular weight excluding hydrogens is 88.1 g/mol. The van der Waals surface area contributed by atoms with Crippen LogP contribution in [0.3, 0.4) is 0 Å². The largest absolute Gasteiger partial charge is 0.330 e. The SMILES string of the molecule is CC1(CN)CNC1. The van der Waals surface area contributed by atoms with Gasteiger partial charge in [-0.25, -0.2) is 0 Å². The van der Waals surface area contributed by atoms with E-state index in [9.17, 15) is 0 Å². The van der Waals surface area contributed by atoms with Crippen molar-refractivity contribution in [1.82, 2.24) is 5.32 Å². The predicted molar refractivity (Wildman–Crippen MR) is 30.0 cm³/mol. The van der Waals surface area contributed by atoms with Crippen molar-refractivity contribution < 1.29 is 0 Å². The van der Waals surface area contributed by atoms with Gasteiger partial charge < -0.3 is 11.1 Å². The van der Waals surface area contributed by atoms with Crippen molar-refractivity contribution in [3.05, 3.63) is 0 Å². The second kappa shape index (κ2) is 1.46. The van der Waals surface area contributed by atoms with Gasteiger partial charge in [-0.3, -0.25) is 0 Å². The molecular formula is C5H12N2. The normalized spacial score (nSPS) is 26.6. The van der Waals surface area contributed by atoms with Crippen LogP contribution >= 0.6 is 0 Å². The van der Waals surface area contributed by atoms with Gasteiger partial charge in [-0.2, -0.15) is 0 Å². The van der Waals surface area contributed by atoms with Crippen molar-refractivity contribution in [3.63, 3.8) is 0 Å². The molecule has 0 aromatic rings. The van der Waals surface area contributed by atoms with E-state index in [-0.39, 0.29) is 0 Å². The summed E-state index contributed by atoms with van der Waals surface area (Å²) >= 11 is 0. The van der Waals surface area contributed by atoms with Crippen molar-refractivity contribution >= 4 is 0 Å². The molecule has 0 aromatic carbocycles. The molecule has 1 fully saturated rings. The summed E-state index contributed by atoms with van der Waals surface area (Å²) in [6.07, 6.45) is 0. The Bertz CT molecular complexity index is 61.0. The molecule has 1 rings (SSSR count). The Morgan fingerprint density at radius 1 is 1.71 bits per heavy atom. The third-order valence-electron chi connectivity index (χ3n) is 1.60. The molecule has 0 aromatic heterocycles. The van der Waals surface area contributed by atoms with Gasteiger partial charge in [0.15, 0.2) is 0 Å². The molecule has 2 heteroatoms. The van der Waals surface area contributed by atoms with Crippen LogP contribution in [0.25, 0.3) is 0 Å². The van der Waals surface area contributed by atoms with E-state index in [4.69, 9.17) is 5.73 Å². The molecule has 2 nitrogen and oxygen atoms in total. The van der Waals surface area contributed by atoms with E-state index < -0.39 is 0 Å². The molecule has 0 unspecified atom stereocenters. The fourth-order valence-corrected chi connectivity index (χ4v) is 0.696. The average molecular weight is 100 g/mol. The molecule has 0 aliphatic carbocycles. The van der Waals surface area contributed by atoms with E-state index in [1.54, 1.807) is 0 Å². The minimum atomic E-state index is 0.431. The molecule has 3 N–H and O–H groups in total. The van der Waals surface area contributed by atoms with Crippen LogP contribution in [0, 0.1) is 5.41 Å². The highest BCUT2D eigenvalue weighted by molar-refractivity contribution is 4.88. The minimum absolute atomic E-state index is 0.431. The maximum atomic E-state index is 5.43. The van der Waals surface area contributed by atoms with Gasteiger partial charge in [-0.1, -0.05) is 6.92 Å². The summed E-state index contributed by atoms with van der Waals surface area (Å²) in [4.78, 5) is 0. The summed E-state index contributed by atoms with van der Waals surface area (Å²) in [6.45, 7) is 5.22. The van der Waals surface area contributed by atoms with Crippen LogP contribution in [-0.4, -0.2) is 19.6 Å². The third kappa shape index (κ3) is 0.763. The lowest BCUT2D eigenvalue weighted by Crippen LogP contribution is -2.55. The highest BCUT2D eigenvalue weighted by Crippen LogP contribution is 2.17. The van der Waals surface area contributed by atoms with Crippen LogP contribution in [0.1, 0.15) is 6.92 Å². The lowest BCUT2D eigenvalue weighted by molar-refractivity contribution is 0.207. The van der Waals surface area contributed by atoms with Crippen molar-refractivity contribution in [2.75, 3.05) is 19.6 Å². The van der Waals surface area contributed by atoms with Crippen LogP contribution in [0.5, 0.6) is 0 Å². The fourth-order valence-electron chi connectivity index (χ4n) is 0.696. The Morgan fingerprint density at radius 3 is 2.29 bits per heavy atom. The van der Waals surface area contributed by atoms with Gasteiger partial charge in [-0.05, 0) is 0 Å². The monoisotopic (exact) mass is 100 g/mol. The Morgan fingerprint density at radius 2 is 2.29 bits per heavy atom. The van der Waals surface area contributed by atoms with E-state index in [0.29, 0.717) is 5.41 Å². The maximum absolute atomic E-state index is 5.43. The standard InChI is InChI=1S/C5H12N2/c1-5(2-6)3-7-4-5/h7H,2-4,6H2,1H3. The Kier molecular flexibility index (Phi) is 1.05. The molecule has 42 valence electrons. The molecule has 1 saturated heterocycles. The van der Waals surface area contributed by atoms with Gasteiger partial charge in [0.1, 0.15) is 0 Å². The quantitative estimate of drug-likeness (QED) is 0.468. The first-order valence-electron chi connectivity index (χ1n) is 2.68. The second-order valence-corrected chi connectivity index (χ2v) is 2.62. The molecule has 1 heterocycles. The topological polar surface area (TPSA) is 38.0 Å². The minimum Gasteiger partial charge on any atom is -0.330 e. The first-order chi connectivity index (χ1) is 3.27. The van der Waals surface area contributed by atoms with E-state index >= 15 is 0 Å².